The van der Waals surface area contributed by atoms with Gasteiger partial charge < -0.3 is 5.32 Å². The Morgan fingerprint density at radius 1 is 1.39 bits per heavy atom. The number of thioether (sulfide) groups is 1. The Morgan fingerprint density at radius 2 is 2.06 bits per heavy atom. The highest BCUT2D eigenvalue weighted by Crippen LogP contribution is 2.24. The molecule has 0 spiro atoms. The van der Waals surface area contributed by atoms with E-state index in [1.165, 1.54) is 35.6 Å². The Labute approximate surface area is 115 Å². The number of hydrogen-bond acceptors (Lipinski definition) is 3. The second-order valence-corrected chi connectivity index (χ2v) is 6.62. The zero-order valence-electron chi connectivity index (χ0n) is 12.0. The van der Waals surface area contributed by atoms with E-state index < -0.39 is 0 Å². The lowest BCUT2D eigenvalue weighted by atomic mass is 10.0. The lowest BCUT2D eigenvalue weighted by Gasteiger charge is -2.24. The molecule has 0 amide bonds. The van der Waals surface area contributed by atoms with Crippen LogP contribution in [0.3, 0.4) is 0 Å². The van der Waals surface area contributed by atoms with Crippen molar-refractivity contribution in [3.63, 3.8) is 0 Å². The molecule has 2 heterocycles. The van der Waals surface area contributed by atoms with Gasteiger partial charge in [-0.05, 0) is 57.6 Å². The van der Waals surface area contributed by atoms with Gasteiger partial charge in [-0.25, -0.2) is 0 Å². The molecule has 1 aromatic heterocycles. The molecule has 1 aliphatic heterocycles. The molecule has 102 valence electrons. The Hall–Kier alpha value is -0.480. The van der Waals surface area contributed by atoms with Crippen molar-refractivity contribution in [2.75, 3.05) is 18.1 Å². The summed E-state index contributed by atoms with van der Waals surface area (Å²) in [5, 5.41) is 8.20. The van der Waals surface area contributed by atoms with Gasteiger partial charge in [-0.3, -0.25) is 4.68 Å². The van der Waals surface area contributed by atoms with Gasteiger partial charge in [0.1, 0.15) is 0 Å². The van der Waals surface area contributed by atoms with Crippen molar-refractivity contribution < 1.29 is 0 Å². The third-order valence-electron chi connectivity index (χ3n) is 4.05. The smallest absolute Gasteiger partial charge is 0.0644 e. The Kier molecular flexibility index (Phi) is 4.73. The highest BCUT2D eigenvalue weighted by atomic mass is 32.2. The lowest BCUT2D eigenvalue weighted by molar-refractivity contribution is 0.420. The van der Waals surface area contributed by atoms with Crippen molar-refractivity contribution in [2.24, 2.45) is 13.0 Å². The molecule has 3 nitrogen and oxygen atoms in total. The van der Waals surface area contributed by atoms with E-state index in [9.17, 15) is 0 Å². The first-order valence-corrected chi connectivity index (χ1v) is 8.06. The molecule has 0 aromatic carbocycles. The zero-order valence-corrected chi connectivity index (χ0v) is 12.8. The van der Waals surface area contributed by atoms with Gasteiger partial charge >= 0.3 is 0 Å². The van der Waals surface area contributed by atoms with Crippen LogP contribution in [0.1, 0.15) is 42.8 Å². The Morgan fingerprint density at radius 3 is 2.61 bits per heavy atom. The number of rotatable bonds is 4. The molecule has 4 heteroatoms. The maximum Gasteiger partial charge on any atom is 0.0644 e. The van der Waals surface area contributed by atoms with E-state index in [0.29, 0.717) is 6.04 Å². The molecule has 0 bridgehead atoms. The molecular weight excluding hydrogens is 242 g/mol. The summed E-state index contributed by atoms with van der Waals surface area (Å²) in [4.78, 5) is 0. The fourth-order valence-corrected chi connectivity index (χ4v) is 4.02. The van der Waals surface area contributed by atoms with Crippen LogP contribution in [0.25, 0.3) is 0 Å². The number of nitrogens with one attached hydrogen (secondary N) is 1. The maximum atomic E-state index is 4.50. The van der Waals surface area contributed by atoms with Crippen molar-refractivity contribution in [3.05, 3.63) is 17.0 Å². The van der Waals surface area contributed by atoms with Crippen molar-refractivity contribution in [1.29, 1.82) is 0 Å². The summed E-state index contributed by atoms with van der Waals surface area (Å²) in [6, 6.07) is 0.410. The fraction of sp³-hybridized carbons (Fsp3) is 0.786. The zero-order chi connectivity index (χ0) is 13.1. The average molecular weight is 267 g/mol. The molecule has 0 aliphatic carbocycles. The quantitative estimate of drug-likeness (QED) is 0.910. The van der Waals surface area contributed by atoms with Crippen LogP contribution in [-0.4, -0.2) is 27.8 Å². The summed E-state index contributed by atoms with van der Waals surface area (Å²) in [6.07, 6.45) is 2.74. The number of aryl methyl sites for hydroxylation is 2. The van der Waals surface area contributed by atoms with Gasteiger partial charge in [0, 0.05) is 24.3 Å². The van der Waals surface area contributed by atoms with Gasteiger partial charge in [-0.2, -0.15) is 16.9 Å². The van der Waals surface area contributed by atoms with E-state index >= 15 is 0 Å². The van der Waals surface area contributed by atoms with E-state index in [4.69, 9.17) is 0 Å². The van der Waals surface area contributed by atoms with Crippen LogP contribution >= 0.6 is 11.8 Å². The fourth-order valence-electron chi connectivity index (χ4n) is 2.81. The highest BCUT2D eigenvalue weighted by molar-refractivity contribution is 7.99. The first-order chi connectivity index (χ1) is 8.59. The minimum atomic E-state index is 0.410. The second kappa shape index (κ2) is 6.11. The monoisotopic (exact) mass is 267 g/mol. The molecule has 1 atom stereocenters. The first-order valence-electron chi connectivity index (χ1n) is 6.90. The molecule has 2 rings (SSSR count). The molecule has 18 heavy (non-hydrogen) atoms. The normalized spacial score (nSPS) is 19.1. The van der Waals surface area contributed by atoms with E-state index in [0.717, 1.165) is 18.2 Å². The summed E-state index contributed by atoms with van der Waals surface area (Å²) in [5.74, 6) is 3.54. The molecule has 1 fully saturated rings. The minimum Gasteiger partial charge on any atom is -0.310 e. The van der Waals surface area contributed by atoms with Gasteiger partial charge in [-0.15, -0.1) is 0 Å². The molecule has 0 saturated carbocycles. The van der Waals surface area contributed by atoms with Crippen molar-refractivity contribution in [3.8, 4) is 0 Å². The molecule has 1 aromatic rings. The van der Waals surface area contributed by atoms with Crippen LogP contribution in [0.5, 0.6) is 0 Å². The van der Waals surface area contributed by atoms with Crippen LogP contribution in [0.4, 0.5) is 0 Å². The summed E-state index contributed by atoms with van der Waals surface area (Å²) in [7, 11) is 2.02. The minimum absolute atomic E-state index is 0.410. The van der Waals surface area contributed by atoms with Gasteiger partial charge in [0.25, 0.3) is 0 Å². The SMILES string of the molecule is Cc1nn(C)c(C)c1C(C)NCC1CCSCC1. The van der Waals surface area contributed by atoms with Crippen molar-refractivity contribution in [2.45, 2.75) is 39.7 Å². The van der Waals surface area contributed by atoms with Crippen LogP contribution < -0.4 is 5.32 Å². The molecule has 1 saturated heterocycles. The third kappa shape index (κ3) is 3.09. The number of hydrogen-bond donors (Lipinski definition) is 1. The lowest BCUT2D eigenvalue weighted by Crippen LogP contribution is -2.28. The van der Waals surface area contributed by atoms with E-state index in [-0.39, 0.29) is 0 Å². The maximum absolute atomic E-state index is 4.50. The van der Waals surface area contributed by atoms with Crippen LogP contribution in [0, 0.1) is 19.8 Å². The van der Waals surface area contributed by atoms with Gasteiger partial charge in [0.2, 0.25) is 0 Å². The van der Waals surface area contributed by atoms with Gasteiger partial charge in [0.05, 0.1) is 5.69 Å². The number of aromatic nitrogens is 2. The molecule has 0 radical (unpaired) electrons. The summed E-state index contributed by atoms with van der Waals surface area (Å²) < 4.78 is 1.99. The van der Waals surface area contributed by atoms with Gasteiger partial charge in [0.15, 0.2) is 0 Å². The topological polar surface area (TPSA) is 29.9 Å². The molecular formula is C14H25N3S. The molecule has 1 N–H and O–H groups in total. The summed E-state index contributed by atoms with van der Waals surface area (Å²) in [5.41, 5.74) is 3.82. The predicted molar refractivity (Wildman–Crippen MR) is 79.1 cm³/mol. The van der Waals surface area contributed by atoms with Crippen LogP contribution in [0.2, 0.25) is 0 Å². The average Bonchev–Trinajstić information content (AvgIpc) is 2.62. The largest absolute Gasteiger partial charge is 0.310 e. The number of nitrogens with zero attached hydrogens (tertiary/aromatic N) is 2. The van der Waals surface area contributed by atoms with Crippen molar-refractivity contribution >= 4 is 11.8 Å². The third-order valence-corrected chi connectivity index (χ3v) is 5.10. The first kappa shape index (κ1) is 13.9. The predicted octanol–water partition coefficient (Wildman–Crippen LogP) is 2.83. The van der Waals surface area contributed by atoms with E-state index in [1.54, 1.807) is 0 Å². The highest BCUT2D eigenvalue weighted by Gasteiger charge is 2.18. The molecule has 1 aliphatic rings. The second-order valence-electron chi connectivity index (χ2n) is 5.39. The standard InChI is InChI=1S/C14H25N3S/c1-10(14-11(2)16-17(4)12(14)3)15-9-13-5-7-18-8-6-13/h10,13,15H,5-9H2,1-4H3. The summed E-state index contributed by atoms with van der Waals surface area (Å²) in [6.45, 7) is 7.67. The Bertz CT molecular complexity index is 394. The van der Waals surface area contributed by atoms with E-state index in [2.05, 4.69) is 42.9 Å². The Balaban J connectivity index is 1.92. The van der Waals surface area contributed by atoms with E-state index in [1.807, 2.05) is 11.7 Å². The molecule has 1 unspecified atom stereocenters. The van der Waals surface area contributed by atoms with Crippen LogP contribution in [-0.2, 0) is 7.05 Å². The van der Waals surface area contributed by atoms with Gasteiger partial charge in [-0.1, -0.05) is 0 Å². The van der Waals surface area contributed by atoms with Crippen molar-refractivity contribution in [1.82, 2.24) is 15.1 Å². The summed E-state index contributed by atoms with van der Waals surface area (Å²) >= 11 is 2.10. The van der Waals surface area contributed by atoms with Crippen LogP contribution in [0.15, 0.2) is 0 Å².